The number of carbonyl (C=O) groups excluding carboxylic acids is 1. The van der Waals surface area contributed by atoms with Crippen molar-refractivity contribution in [2.24, 2.45) is 0 Å². The predicted molar refractivity (Wildman–Crippen MR) is 66.8 cm³/mol. The fourth-order valence-corrected chi connectivity index (χ4v) is 2.35. The van der Waals surface area contributed by atoms with Crippen molar-refractivity contribution in [1.82, 2.24) is 14.9 Å². The Balaban J connectivity index is 2.12. The number of amides is 1. The van der Waals surface area contributed by atoms with E-state index in [1.807, 2.05) is 6.92 Å². The van der Waals surface area contributed by atoms with Gasteiger partial charge in [0, 0.05) is 29.8 Å². The highest BCUT2D eigenvalue weighted by Crippen LogP contribution is 2.15. The summed E-state index contributed by atoms with van der Waals surface area (Å²) in [5, 5.41) is 0. The van der Waals surface area contributed by atoms with Gasteiger partial charge in [0.2, 0.25) is 5.95 Å². The van der Waals surface area contributed by atoms with E-state index in [9.17, 15) is 9.18 Å². The first kappa shape index (κ1) is 12.6. The minimum atomic E-state index is -0.650. The van der Waals surface area contributed by atoms with Crippen molar-refractivity contribution in [3.63, 3.8) is 0 Å². The molecule has 0 bridgehead atoms. The van der Waals surface area contributed by atoms with Crippen LogP contribution in [-0.4, -0.2) is 27.8 Å². The maximum Gasteiger partial charge on any atom is 0.254 e. The monoisotopic (exact) mass is 265 g/mol. The zero-order chi connectivity index (χ0) is 13.1. The minimum Gasteiger partial charge on any atom is -0.336 e. The largest absolute Gasteiger partial charge is 0.336 e. The number of hydrogen-bond acceptors (Lipinski definition) is 4. The molecule has 4 nitrogen and oxygen atoms in total. The van der Waals surface area contributed by atoms with Gasteiger partial charge in [0.25, 0.3) is 5.91 Å². The van der Waals surface area contributed by atoms with Gasteiger partial charge < -0.3 is 4.90 Å². The van der Waals surface area contributed by atoms with Crippen molar-refractivity contribution in [1.29, 1.82) is 0 Å². The lowest BCUT2D eigenvalue weighted by Crippen LogP contribution is -2.26. The van der Waals surface area contributed by atoms with Gasteiger partial charge in [-0.15, -0.1) is 11.3 Å². The van der Waals surface area contributed by atoms with Gasteiger partial charge in [-0.3, -0.25) is 4.79 Å². The van der Waals surface area contributed by atoms with Gasteiger partial charge in [-0.1, -0.05) is 0 Å². The number of aryl methyl sites for hydroxylation is 1. The molecule has 2 aromatic heterocycles. The summed E-state index contributed by atoms with van der Waals surface area (Å²) in [5.41, 5.74) is 2.96. The van der Waals surface area contributed by atoms with Crippen LogP contribution in [0.3, 0.4) is 0 Å². The molecular weight excluding hydrogens is 253 g/mol. The highest BCUT2D eigenvalue weighted by Gasteiger charge is 2.14. The summed E-state index contributed by atoms with van der Waals surface area (Å²) >= 11 is 1.50. The number of pyridine rings is 1. The number of hydrogen-bond donors (Lipinski definition) is 0. The van der Waals surface area contributed by atoms with E-state index < -0.39 is 5.95 Å². The standard InChI is InChI=1S/C12H12FN3OS/c1-8-10(18-7-15-8)6-16(2)12(17)9-3-4-14-11(13)5-9/h3-5,7H,6H2,1-2H3. The fourth-order valence-electron chi connectivity index (χ4n) is 1.52. The molecule has 0 saturated carbocycles. The lowest BCUT2D eigenvalue weighted by Gasteiger charge is -2.16. The SMILES string of the molecule is Cc1ncsc1CN(C)C(=O)c1ccnc(F)c1. The number of rotatable bonds is 3. The van der Waals surface area contributed by atoms with Gasteiger partial charge in [0.1, 0.15) is 0 Å². The number of carbonyl (C=O) groups is 1. The Hall–Kier alpha value is -1.82. The van der Waals surface area contributed by atoms with E-state index in [1.54, 1.807) is 12.6 Å². The lowest BCUT2D eigenvalue weighted by molar-refractivity contribution is 0.0785. The molecule has 2 heterocycles. The van der Waals surface area contributed by atoms with Crippen LogP contribution in [0, 0.1) is 12.9 Å². The highest BCUT2D eigenvalue weighted by molar-refractivity contribution is 7.09. The average Bonchev–Trinajstić information content (AvgIpc) is 2.74. The molecule has 18 heavy (non-hydrogen) atoms. The van der Waals surface area contributed by atoms with Crippen molar-refractivity contribution < 1.29 is 9.18 Å². The van der Waals surface area contributed by atoms with Gasteiger partial charge in [0.15, 0.2) is 0 Å². The Labute approximate surface area is 108 Å². The highest BCUT2D eigenvalue weighted by atomic mass is 32.1. The Morgan fingerprint density at radius 3 is 2.89 bits per heavy atom. The molecule has 2 aromatic rings. The summed E-state index contributed by atoms with van der Waals surface area (Å²) in [6.07, 6.45) is 1.29. The molecule has 0 aliphatic carbocycles. The van der Waals surface area contributed by atoms with Crippen LogP contribution in [-0.2, 0) is 6.54 Å². The van der Waals surface area contributed by atoms with Crippen LogP contribution in [0.15, 0.2) is 23.8 Å². The van der Waals surface area contributed by atoms with Crippen molar-refractivity contribution in [3.05, 3.63) is 45.9 Å². The third kappa shape index (κ3) is 2.70. The van der Waals surface area contributed by atoms with Gasteiger partial charge in [-0.2, -0.15) is 4.39 Å². The summed E-state index contributed by atoms with van der Waals surface area (Å²) in [5.74, 6) is -0.882. The zero-order valence-corrected chi connectivity index (χ0v) is 10.9. The van der Waals surface area contributed by atoms with E-state index in [-0.39, 0.29) is 5.91 Å². The first-order chi connectivity index (χ1) is 8.58. The van der Waals surface area contributed by atoms with Crippen molar-refractivity contribution in [2.75, 3.05) is 7.05 Å². The van der Waals surface area contributed by atoms with Crippen LogP contribution in [0.2, 0.25) is 0 Å². The molecule has 0 unspecified atom stereocenters. The Morgan fingerprint density at radius 2 is 2.28 bits per heavy atom. The number of thiazole rings is 1. The second kappa shape index (κ2) is 5.22. The molecule has 94 valence electrons. The molecule has 0 saturated heterocycles. The molecular formula is C12H12FN3OS. The van der Waals surface area contributed by atoms with Gasteiger partial charge in [-0.25, -0.2) is 9.97 Å². The number of aromatic nitrogens is 2. The third-order valence-corrected chi connectivity index (χ3v) is 3.47. The third-order valence-electron chi connectivity index (χ3n) is 2.55. The molecule has 0 atom stereocenters. The van der Waals surface area contributed by atoms with E-state index in [4.69, 9.17) is 0 Å². The summed E-state index contributed by atoms with van der Waals surface area (Å²) in [4.78, 5) is 22.2. The van der Waals surface area contributed by atoms with Gasteiger partial charge in [0.05, 0.1) is 17.7 Å². The van der Waals surface area contributed by atoms with E-state index in [2.05, 4.69) is 9.97 Å². The van der Waals surface area contributed by atoms with Crippen molar-refractivity contribution >= 4 is 17.2 Å². The van der Waals surface area contributed by atoms with Crippen LogP contribution in [0.25, 0.3) is 0 Å². The molecule has 6 heteroatoms. The molecule has 0 spiro atoms. The molecule has 0 radical (unpaired) electrons. The van der Waals surface area contributed by atoms with Crippen molar-refractivity contribution in [3.8, 4) is 0 Å². The normalized spacial score (nSPS) is 10.4. The molecule has 0 N–H and O–H groups in total. The van der Waals surface area contributed by atoms with E-state index >= 15 is 0 Å². The van der Waals surface area contributed by atoms with Gasteiger partial charge in [-0.05, 0) is 13.0 Å². The molecule has 1 amide bonds. The summed E-state index contributed by atoms with van der Waals surface area (Å²) in [7, 11) is 1.68. The molecule has 0 aliphatic heterocycles. The zero-order valence-electron chi connectivity index (χ0n) is 10.1. The summed E-state index contributed by atoms with van der Waals surface area (Å²) in [6.45, 7) is 2.37. The summed E-state index contributed by atoms with van der Waals surface area (Å²) < 4.78 is 12.9. The van der Waals surface area contributed by atoms with Crippen LogP contribution in [0.4, 0.5) is 4.39 Å². The molecule has 2 rings (SSSR count). The number of nitrogens with zero attached hydrogens (tertiary/aromatic N) is 3. The molecule has 0 aliphatic rings. The van der Waals surface area contributed by atoms with Crippen LogP contribution in [0.5, 0.6) is 0 Å². The van der Waals surface area contributed by atoms with E-state index in [0.29, 0.717) is 12.1 Å². The van der Waals surface area contributed by atoms with E-state index in [1.165, 1.54) is 28.5 Å². The topological polar surface area (TPSA) is 46.1 Å². The second-order valence-corrected chi connectivity index (χ2v) is 4.83. The maximum absolute atomic E-state index is 12.9. The molecule has 0 fully saturated rings. The van der Waals surface area contributed by atoms with Crippen LogP contribution in [0.1, 0.15) is 20.9 Å². The van der Waals surface area contributed by atoms with E-state index in [0.717, 1.165) is 16.6 Å². The summed E-state index contributed by atoms with van der Waals surface area (Å²) in [6, 6.07) is 2.64. The minimum absolute atomic E-state index is 0.232. The number of halogens is 1. The lowest BCUT2D eigenvalue weighted by atomic mass is 10.2. The molecule has 0 aromatic carbocycles. The first-order valence-corrected chi connectivity index (χ1v) is 6.22. The predicted octanol–water partition coefficient (Wildman–Crippen LogP) is 2.26. The Bertz CT molecular complexity index is 570. The van der Waals surface area contributed by atoms with Gasteiger partial charge >= 0.3 is 0 Å². The Kier molecular flexibility index (Phi) is 3.66. The maximum atomic E-state index is 12.9. The smallest absolute Gasteiger partial charge is 0.254 e. The van der Waals surface area contributed by atoms with Crippen molar-refractivity contribution in [2.45, 2.75) is 13.5 Å². The van der Waals surface area contributed by atoms with Crippen LogP contribution < -0.4 is 0 Å². The second-order valence-electron chi connectivity index (χ2n) is 3.89. The average molecular weight is 265 g/mol. The first-order valence-electron chi connectivity index (χ1n) is 5.34. The quantitative estimate of drug-likeness (QED) is 0.800. The fraction of sp³-hybridized carbons (Fsp3) is 0.250. The van der Waals surface area contributed by atoms with Crippen LogP contribution >= 0.6 is 11.3 Å². The Morgan fingerprint density at radius 1 is 1.50 bits per heavy atom.